The van der Waals surface area contributed by atoms with E-state index in [9.17, 15) is 19.6 Å². The summed E-state index contributed by atoms with van der Waals surface area (Å²) < 4.78 is 10.8. The monoisotopic (exact) mass is 493 g/mol. The zero-order chi connectivity index (χ0) is 24.7. The summed E-state index contributed by atoms with van der Waals surface area (Å²) >= 11 is 6.26. The quantitative estimate of drug-likeness (QED) is 0.676. The van der Waals surface area contributed by atoms with E-state index < -0.39 is 12.1 Å². The van der Waals surface area contributed by atoms with E-state index in [4.69, 9.17) is 21.1 Å². The van der Waals surface area contributed by atoms with Gasteiger partial charge in [-0.05, 0) is 36.8 Å². The lowest BCUT2D eigenvalue weighted by atomic mass is 9.92. The lowest BCUT2D eigenvalue weighted by Crippen LogP contribution is -2.54. The van der Waals surface area contributed by atoms with Crippen LogP contribution < -0.4 is 25.0 Å². The van der Waals surface area contributed by atoms with Crippen LogP contribution in [0.2, 0.25) is 5.02 Å². The number of nitriles is 1. The minimum Gasteiger partial charge on any atom is -0.454 e. The van der Waals surface area contributed by atoms with Crippen molar-refractivity contribution in [3.8, 4) is 17.6 Å². The van der Waals surface area contributed by atoms with Crippen LogP contribution in [-0.4, -0.2) is 49.2 Å². The van der Waals surface area contributed by atoms with Gasteiger partial charge in [0.15, 0.2) is 11.5 Å². The standard InChI is InChI=1S/C24H20ClN5O5/c1-13-21(23(32)29-7-6-27-20(31)11-29)22(14-2-3-15(10-26)17(25)8-14)28-24(33)30(13)16-4-5-18-19(9-16)35-12-34-18/h2-5,8-9,22H,6-7,11-12H2,1H3,(H,27,31)(H,28,33). The molecule has 1 unspecified atom stereocenters. The van der Waals surface area contributed by atoms with Gasteiger partial charge in [0.25, 0.3) is 5.91 Å². The minimum atomic E-state index is -0.838. The number of rotatable bonds is 3. The van der Waals surface area contributed by atoms with Crippen LogP contribution in [0.3, 0.4) is 0 Å². The molecule has 10 nitrogen and oxygen atoms in total. The highest BCUT2D eigenvalue weighted by molar-refractivity contribution is 6.31. The number of benzene rings is 2. The fourth-order valence-electron chi connectivity index (χ4n) is 4.39. The summed E-state index contributed by atoms with van der Waals surface area (Å²) in [5, 5.41) is 15.0. The molecule has 2 aromatic rings. The first kappa shape index (κ1) is 22.6. The zero-order valence-corrected chi connectivity index (χ0v) is 19.4. The van der Waals surface area contributed by atoms with Gasteiger partial charge in [0.05, 0.1) is 34.4 Å². The molecule has 3 aliphatic rings. The van der Waals surface area contributed by atoms with Crippen molar-refractivity contribution in [3.63, 3.8) is 0 Å². The largest absolute Gasteiger partial charge is 0.454 e. The summed E-state index contributed by atoms with van der Waals surface area (Å²) in [6.07, 6.45) is 0. The number of fused-ring (bicyclic) bond motifs is 1. The molecule has 0 aliphatic carbocycles. The van der Waals surface area contributed by atoms with Crippen molar-refractivity contribution in [2.24, 2.45) is 0 Å². The Bertz CT molecular complexity index is 1330. The van der Waals surface area contributed by atoms with Crippen LogP contribution in [0.15, 0.2) is 47.7 Å². The molecule has 0 spiro atoms. The van der Waals surface area contributed by atoms with E-state index >= 15 is 0 Å². The van der Waals surface area contributed by atoms with Crippen LogP contribution in [0.1, 0.15) is 24.1 Å². The van der Waals surface area contributed by atoms with E-state index in [0.717, 1.165) is 0 Å². The van der Waals surface area contributed by atoms with Crippen LogP contribution in [0.5, 0.6) is 11.5 Å². The molecular weight excluding hydrogens is 474 g/mol. The first-order chi connectivity index (χ1) is 16.9. The molecule has 0 bridgehead atoms. The molecular formula is C24H20ClN5O5. The Morgan fingerprint density at radius 1 is 1.17 bits per heavy atom. The molecule has 3 heterocycles. The SMILES string of the molecule is CC1=C(C(=O)N2CCNC(=O)C2)C(c2ccc(C#N)c(Cl)c2)NC(=O)N1c1ccc2c(c1)OCO2. The topological polar surface area (TPSA) is 124 Å². The Morgan fingerprint density at radius 2 is 1.97 bits per heavy atom. The normalized spacial score (nSPS) is 19.3. The molecule has 35 heavy (non-hydrogen) atoms. The maximum absolute atomic E-state index is 13.8. The van der Waals surface area contributed by atoms with Crippen molar-refractivity contribution < 1.29 is 23.9 Å². The molecule has 11 heteroatoms. The Kier molecular flexibility index (Phi) is 5.70. The van der Waals surface area contributed by atoms with Gasteiger partial charge in [-0.3, -0.25) is 14.5 Å². The van der Waals surface area contributed by atoms with Crippen molar-refractivity contribution in [2.75, 3.05) is 31.3 Å². The second kappa shape index (κ2) is 8.85. The molecule has 1 fully saturated rings. The van der Waals surface area contributed by atoms with Crippen molar-refractivity contribution in [1.29, 1.82) is 5.26 Å². The van der Waals surface area contributed by atoms with Gasteiger partial charge in [-0.1, -0.05) is 17.7 Å². The van der Waals surface area contributed by atoms with Gasteiger partial charge >= 0.3 is 6.03 Å². The van der Waals surface area contributed by atoms with Crippen molar-refractivity contribution in [1.82, 2.24) is 15.5 Å². The Morgan fingerprint density at radius 3 is 2.71 bits per heavy atom. The second-order valence-electron chi connectivity index (χ2n) is 8.18. The van der Waals surface area contributed by atoms with Crippen LogP contribution in [0, 0.1) is 11.3 Å². The number of carbonyl (C=O) groups is 3. The number of hydrogen-bond acceptors (Lipinski definition) is 6. The Hall–Kier alpha value is -4.23. The van der Waals surface area contributed by atoms with Gasteiger partial charge in [-0.2, -0.15) is 5.26 Å². The summed E-state index contributed by atoms with van der Waals surface area (Å²) in [5.74, 6) is 0.417. The smallest absolute Gasteiger partial charge is 0.327 e. The summed E-state index contributed by atoms with van der Waals surface area (Å²) in [5.41, 5.74) is 1.99. The number of halogens is 1. The molecule has 0 radical (unpaired) electrons. The first-order valence-corrected chi connectivity index (χ1v) is 11.2. The predicted octanol–water partition coefficient (Wildman–Crippen LogP) is 2.44. The number of allylic oxidation sites excluding steroid dienone is 1. The van der Waals surface area contributed by atoms with Crippen LogP contribution in [0.4, 0.5) is 10.5 Å². The van der Waals surface area contributed by atoms with Gasteiger partial charge in [0.1, 0.15) is 6.07 Å². The average Bonchev–Trinajstić information content (AvgIpc) is 3.31. The van der Waals surface area contributed by atoms with Gasteiger partial charge in [-0.25, -0.2) is 4.79 Å². The maximum Gasteiger partial charge on any atom is 0.327 e. The molecule has 0 saturated carbocycles. The summed E-state index contributed by atoms with van der Waals surface area (Å²) in [4.78, 5) is 41.9. The van der Waals surface area contributed by atoms with E-state index in [0.29, 0.717) is 41.5 Å². The average molecular weight is 494 g/mol. The summed E-state index contributed by atoms with van der Waals surface area (Å²) in [6, 6.07) is 10.5. The minimum absolute atomic E-state index is 0.0854. The number of piperazine rings is 1. The predicted molar refractivity (Wildman–Crippen MR) is 125 cm³/mol. The molecule has 2 aromatic carbocycles. The Balaban J connectivity index is 1.62. The van der Waals surface area contributed by atoms with Crippen molar-refractivity contribution >= 4 is 35.1 Å². The molecule has 5 rings (SSSR count). The highest BCUT2D eigenvalue weighted by Gasteiger charge is 2.39. The van der Waals surface area contributed by atoms with E-state index in [1.165, 1.54) is 9.80 Å². The summed E-state index contributed by atoms with van der Waals surface area (Å²) in [6.45, 7) is 2.35. The lowest BCUT2D eigenvalue weighted by Gasteiger charge is -2.38. The molecule has 2 N–H and O–H groups in total. The highest BCUT2D eigenvalue weighted by atomic mass is 35.5. The molecule has 1 saturated heterocycles. The van der Waals surface area contributed by atoms with Crippen LogP contribution in [-0.2, 0) is 9.59 Å². The fourth-order valence-corrected chi connectivity index (χ4v) is 4.62. The zero-order valence-electron chi connectivity index (χ0n) is 18.6. The molecule has 3 aliphatic heterocycles. The number of amides is 4. The van der Waals surface area contributed by atoms with Gasteiger partial charge in [-0.15, -0.1) is 0 Å². The van der Waals surface area contributed by atoms with E-state index in [1.807, 2.05) is 6.07 Å². The number of anilines is 1. The lowest BCUT2D eigenvalue weighted by molar-refractivity contribution is -0.135. The van der Waals surface area contributed by atoms with E-state index in [1.54, 1.807) is 43.3 Å². The number of urea groups is 1. The molecule has 178 valence electrons. The number of nitrogens with one attached hydrogen (secondary N) is 2. The summed E-state index contributed by atoms with van der Waals surface area (Å²) in [7, 11) is 0. The van der Waals surface area contributed by atoms with E-state index in [2.05, 4.69) is 10.6 Å². The number of nitrogens with zero attached hydrogens (tertiary/aromatic N) is 3. The number of ether oxygens (including phenoxy) is 2. The molecule has 0 aromatic heterocycles. The third kappa shape index (κ3) is 4.00. The maximum atomic E-state index is 13.8. The third-order valence-corrected chi connectivity index (χ3v) is 6.41. The number of hydrogen-bond donors (Lipinski definition) is 2. The van der Waals surface area contributed by atoms with Gasteiger partial charge in [0, 0.05) is 24.9 Å². The van der Waals surface area contributed by atoms with E-state index in [-0.39, 0.29) is 41.3 Å². The first-order valence-electron chi connectivity index (χ1n) is 10.8. The number of carbonyl (C=O) groups excluding carboxylic acids is 3. The van der Waals surface area contributed by atoms with Gasteiger partial charge < -0.3 is 25.0 Å². The third-order valence-electron chi connectivity index (χ3n) is 6.10. The van der Waals surface area contributed by atoms with Crippen LogP contribution >= 0.6 is 11.6 Å². The highest BCUT2D eigenvalue weighted by Crippen LogP contribution is 2.40. The molecule has 4 amide bonds. The molecule has 1 atom stereocenters. The Labute approximate surface area is 205 Å². The fraction of sp³-hybridized carbons (Fsp3) is 0.250. The van der Waals surface area contributed by atoms with Crippen molar-refractivity contribution in [2.45, 2.75) is 13.0 Å². The second-order valence-corrected chi connectivity index (χ2v) is 8.59. The van der Waals surface area contributed by atoms with Crippen LogP contribution in [0.25, 0.3) is 0 Å². The van der Waals surface area contributed by atoms with Gasteiger partial charge in [0.2, 0.25) is 12.7 Å². The van der Waals surface area contributed by atoms with Crippen molar-refractivity contribution in [3.05, 3.63) is 63.8 Å².